The zero-order valence-electron chi connectivity index (χ0n) is 26.8. The molecular formula is C35H45N7O2. The number of likely N-dealkylation sites (tertiary alicyclic amines) is 1. The molecule has 44 heavy (non-hydrogen) atoms. The highest BCUT2D eigenvalue weighted by Crippen LogP contribution is 2.34. The van der Waals surface area contributed by atoms with Gasteiger partial charge in [0.15, 0.2) is 5.65 Å². The number of aromatic amines is 1. The molecular weight excluding hydrogens is 550 g/mol. The molecule has 1 N–H and O–H groups in total. The molecule has 4 aromatic rings. The molecule has 4 heterocycles. The van der Waals surface area contributed by atoms with Gasteiger partial charge >= 0.3 is 0 Å². The topological polar surface area (TPSA) is 80.8 Å². The van der Waals surface area contributed by atoms with Crippen LogP contribution in [0.15, 0.2) is 48.8 Å². The molecule has 9 heteroatoms. The standard InChI is InChI=1S/C35H45N7O2/c1-24-20-27(21-25(2)34(24)42-17-15-41(16-18-42)28-10-13-40(5)14-11-28)31-23-37-35-33(38-31)30(22-36-35)26-6-8-29(9-7-26)44-19-12-32(43)39(3)4/h6-9,20-23,28H,10-19H2,1-5H3,(H,36,37). The van der Waals surface area contributed by atoms with Crippen LogP contribution in [0.3, 0.4) is 0 Å². The molecule has 1 amide bonds. The Kier molecular flexibility index (Phi) is 8.86. The first-order valence-electron chi connectivity index (χ1n) is 15.8. The van der Waals surface area contributed by atoms with E-state index in [9.17, 15) is 4.79 Å². The van der Waals surface area contributed by atoms with E-state index in [-0.39, 0.29) is 5.91 Å². The number of anilines is 1. The fourth-order valence-corrected chi connectivity index (χ4v) is 6.73. The van der Waals surface area contributed by atoms with Crippen molar-refractivity contribution in [1.29, 1.82) is 0 Å². The zero-order valence-corrected chi connectivity index (χ0v) is 26.8. The maximum absolute atomic E-state index is 11.8. The van der Waals surface area contributed by atoms with Gasteiger partial charge in [0.25, 0.3) is 0 Å². The number of aromatic nitrogens is 3. The van der Waals surface area contributed by atoms with Gasteiger partial charge in [-0.25, -0.2) is 9.97 Å². The van der Waals surface area contributed by atoms with Crippen LogP contribution in [-0.2, 0) is 4.79 Å². The molecule has 0 atom stereocenters. The fraction of sp³-hybridized carbons (Fsp3) is 0.457. The fourth-order valence-electron chi connectivity index (χ4n) is 6.73. The van der Waals surface area contributed by atoms with Gasteiger partial charge in [-0.05, 0) is 87.8 Å². The Labute approximate surface area is 260 Å². The van der Waals surface area contributed by atoms with Crippen molar-refractivity contribution in [2.75, 3.05) is 71.9 Å². The van der Waals surface area contributed by atoms with Gasteiger partial charge in [0, 0.05) is 69.3 Å². The largest absolute Gasteiger partial charge is 0.493 e. The predicted molar refractivity (Wildman–Crippen MR) is 177 cm³/mol. The van der Waals surface area contributed by atoms with Crippen molar-refractivity contribution in [1.82, 2.24) is 29.7 Å². The molecule has 6 rings (SSSR count). The number of rotatable bonds is 8. The Morgan fingerprint density at radius 3 is 2.32 bits per heavy atom. The first-order chi connectivity index (χ1) is 21.3. The molecule has 2 aliphatic heterocycles. The third kappa shape index (κ3) is 6.44. The lowest BCUT2D eigenvalue weighted by Crippen LogP contribution is -2.53. The Morgan fingerprint density at radius 1 is 0.977 bits per heavy atom. The van der Waals surface area contributed by atoms with Crippen molar-refractivity contribution in [3.05, 3.63) is 59.9 Å². The third-order valence-electron chi connectivity index (χ3n) is 9.25. The average molecular weight is 596 g/mol. The Morgan fingerprint density at radius 2 is 1.66 bits per heavy atom. The molecule has 2 fully saturated rings. The van der Waals surface area contributed by atoms with E-state index in [0.717, 1.165) is 71.5 Å². The summed E-state index contributed by atoms with van der Waals surface area (Å²) in [7, 11) is 5.74. The molecule has 0 bridgehead atoms. The van der Waals surface area contributed by atoms with Crippen molar-refractivity contribution < 1.29 is 9.53 Å². The number of piperazine rings is 1. The molecule has 0 radical (unpaired) electrons. The van der Waals surface area contributed by atoms with Gasteiger partial charge in [0.05, 0.1) is 24.9 Å². The molecule has 0 spiro atoms. The Hall–Kier alpha value is -3.95. The van der Waals surface area contributed by atoms with Crippen LogP contribution in [-0.4, -0.2) is 109 Å². The van der Waals surface area contributed by atoms with Crippen molar-refractivity contribution >= 4 is 22.8 Å². The monoisotopic (exact) mass is 595 g/mol. The number of carbonyl (C=O) groups is 1. The summed E-state index contributed by atoms with van der Waals surface area (Å²) >= 11 is 0. The molecule has 232 valence electrons. The van der Waals surface area contributed by atoms with E-state index >= 15 is 0 Å². The maximum atomic E-state index is 11.8. The number of aryl methyl sites for hydroxylation is 2. The molecule has 0 saturated carbocycles. The lowest BCUT2D eigenvalue weighted by atomic mass is 9.99. The summed E-state index contributed by atoms with van der Waals surface area (Å²) < 4.78 is 5.79. The van der Waals surface area contributed by atoms with Crippen molar-refractivity contribution in [3.8, 4) is 28.1 Å². The highest BCUT2D eigenvalue weighted by molar-refractivity contribution is 5.91. The van der Waals surface area contributed by atoms with Crippen LogP contribution in [0, 0.1) is 13.8 Å². The lowest BCUT2D eigenvalue weighted by Gasteiger charge is -2.43. The molecule has 0 unspecified atom stereocenters. The number of hydrogen-bond donors (Lipinski definition) is 1. The SMILES string of the molecule is Cc1cc(-c2cnc3[nH]cc(-c4ccc(OCCC(=O)N(C)C)cc4)c3n2)cc(C)c1N1CCN(C2CCN(C)CC2)CC1. The highest BCUT2D eigenvalue weighted by atomic mass is 16.5. The van der Waals surface area contributed by atoms with Crippen molar-refractivity contribution in [3.63, 3.8) is 0 Å². The van der Waals surface area contributed by atoms with Gasteiger partial charge in [-0.3, -0.25) is 9.69 Å². The zero-order chi connectivity index (χ0) is 30.8. The molecule has 2 saturated heterocycles. The van der Waals surface area contributed by atoms with Crippen LogP contribution in [0.4, 0.5) is 5.69 Å². The van der Waals surface area contributed by atoms with Crippen LogP contribution in [0.2, 0.25) is 0 Å². The minimum absolute atomic E-state index is 0.0519. The second kappa shape index (κ2) is 13.0. The van der Waals surface area contributed by atoms with Gasteiger partial charge in [-0.2, -0.15) is 0 Å². The minimum atomic E-state index is 0.0519. The number of carbonyl (C=O) groups excluding carboxylic acids is 1. The summed E-state index contributed by atoms with van der Waals surface area (Å²) in [5, 5.41) is 0. The van der Waals surface area contributed by atoms with Crippen LogP contribution in [0.5, 0.6) is 5.75 Å². The van der Waals surface area contributed by atoms with E-state index in [1.165, 1.54) is 42.7 Å². The van der Waals surface area contributed by atoms with E-state index < -0.39 is 0 Å². The van der Waals surface area contributed by atoms with Crippen LogP contribution < -0.4 is 9.64 Å². The third-order valence-corrected chi connectivity index (χ3v) is 9.25. The van der Waals surface area contributed by atoms with Gasteiger partial charge < -0.3 is 24.4 Å². The van der Waals surface area contributed by atoms with Crippen LogP contribution >= 0.6 is 0 Å². The normalized spacial score (nSPS) is 16.9. The summed E-state index contributed by atoms with van der Waals surface area (Å²) in [6, 6.07) is 13.2. The molecule has 2 aliphatic rings. The van der Waals surface area contributed by atoms with E-state index in [0.29, 0.717) is 13.0 Å². The van der Waals surface area contributed by atoms with Crippen LogP contribution in [0.25, 0.3) is 33.5 Å². The summed E-state index contributed by atoms with van der Waals surface area (Å²) in [6.07, 6.45) is 6.76. The number of piperidine rings is 1. The lowest BCUT2D eigenvalue weighted by molar-refractivity contribution is -0.129. The summed E-state index contributed by atoms with van der Waals surface area (Å²) in [6.45, 7) is 11.6. The smallest absolute Gasteiger partial charge is 0.225 e. The summed E-state index contributed by atoms with van der Waals surface area (Å²) in [5.41, 5.74) is 9.52. The minimum Gasteiger partial charge on any atom is -0.493 e. The number of fused-ring (bicyclic) bond motifs is 1. The number of ether oxygens (including phenoxy) is 1. The second-order valence-electron chi connectivity index (χ2n) is 12.6. The number of H-pyrrole nitrogens is 1. The summed E-state index contributed by atoms with van der Waals surface area (Å²) in [5.74, 6) is 0.789. The Bertz CT molecular complexity index is 1570. The van der Waals surface area contributed by atoms with E-state index in [2.05, 4.69) is 52.7 Å². The van der Waals surface area contributed by atoms with E-state index in [1.54, 1.807) is 19.0 Å². The number of benzene rings is 2. The van der Waals surface area contributed by atoms with Gasteiger partial charge in [-0.1, -0.05) is 12.1 Å². The highest BCUT2D eigenvalue weighted by Gasteiger charge is 2.27. The molecule has 0 aliphatic carbocycles. The summed E-state index contributed by atoms with van der Waals surface area (Å²) in [4.78, 5) is 34.2. The first kappa shape index (κ1) is 30.1. The molecule has 2 aromatic heterocycles. The number of amides is 1. The van der Waals surface area contributed by atoms with Crippen LogP contribution in [0.1, 0.15) is 30.4 Å². The van der Waals surface area contributed by atoms with Crippen molar-refractivity contribution in [2.45, 2.75) is 39.2 Å². The molecule has 2 aromatic carbocycles. The number of nitrogens with one attached hydrogen (secondary N) is 1. The number of hydrogen-bond acceptors (Lipinski definition) is 7. The number of nitrogens with zero attached hydrogens (tertiary/aromatic N) is 6. The van der Waals surface area contributed by atoms with Gasteiger partial charge in [0.2, 0.25) is 5.91 Å². The van der Waals surface area contributed by atoms with Gasteiger partial charge in [0.1, 0.15) is 11.3 Å². The van der Waals surface area contributed by atoms with E-state index in [1.807, 2.05) is 36.7 Å². The van der Waals surface area contributed by atoms with E-state index in [4.69, 9.17) is 14.7 Å². The van der Waals surface area contributed by atoms with Gasteiger partial charge in [-0.15, -0.1) is 0 Å². The van der Waals surface area contributed by atoms with Crippen molar-refractivity contribution in [2.24, 2.45) is 0 Å². The maximum Gasteiger partial charge on any atom is 0.225 e. The first-order valence-corrected chi connectivity index (χ1v) is 15.8. The average Bonchev–Trinajstić information content (AvgIpc) is 3.45. The second-order valence-corrected chi connectivity index (χ2v) is 12.6. The quantitative estimate of drug-likeness (QED) is 0.308. The molecule has 9 nitrogen and oxygen atoms in total. The predicted octanol–water partition coefficient (Wildman–Crippen LogP) is 4.98. The Balaban J connectivity index is 1.16.